The van der Waals surface area contributed by atoms with Gasteiger partial charge in [0.2, 0.25) is 5.91 Å². The molecule has 2 aromatic carbocycles. The first-order valence-electron chi connectivity index (χ1n) is 10.1. The summed E-state index contributed by atoms with van der Waals surface area (Å²) in [6.07, 6.45) is 5.22. The van der Waals surface area contributed by atoms with Crippen molar-refractivity contribution in [3.63, 3.8) is 0 Å². The summed E-state index contributed by atoms with van der Waals surface area (Å²) in [6.45, 7) is 5.55. The van der Waals surface area contributed by atoms with Crippen LogP contribution in [0.25, 0.3) is 17.3 Å². The summed E-state index contributed by atoms with van der Waals surface area (Å²) in [7, 11) is 0. The van der Waals surface area contributed by atoms with Crippen molar-refractivity contribution >= 4 is 28.5 Å². The molecule has 0 fully saturated rings. The number of ether oxygens (including phenoxy) is 2. The average Bonchev–Trinajstić information content (AvgIpc) is 3.24. The second kappa shape index (κ2) is 11.2. The fourth-order valence-corrected chi connectivity index (χ4v) is 3.34. The number of thiazole rings is 1. The highest BCUT2D eigenvalue weighted by atomic mass is 32.1. The lowest BCUT2D eigenvalue weighted by Gasteiger charge is -2.04. The lowest BCUT2D eigenvalue weighted by atomic mass is 10.2. The molecule has 0 unspecified atom stereocenters. The highest BCUT2D eigenvalue weighted by molar-refractivity contribution is 7.14. The summed E-state index contributed by atoms with van der Waals surface area (Å²) in [5.41, 5.74) is 2.74. The Morgan fingerprint density at radius 1 is 0.967 bits per heavy atom. The van der Waals surface area contributed by atoms with Gasteiger partial charge in [0.05, 0.1) is 18.9 Å². The molecule has 3 rings (SSSR count). The highest BCUT2D eigenvalue weighted by Gasteiger charge is 2.07. The van der Waals surface area contributed by atoms with Crippen LogP contribution >= 0.6 is 11.3 Å². The zero-order chi connectivity index (χ0) is 21.2. The number of nitrogens with zero attached hydrogens (tertiary/aromatic N) is 1. The molecule has 3 aromatic rings. The minimum atomic E-state index is -0.217. The minimum absolute atomic E-state index is 0.217. The fraction of sp³-hybridized carbons (Fsp3) is 0.250. The first kappa shape index (κ1) is 21.6. The maximum atomic E-state index is 12.2. The molecule has 6 heteroatoms. The molecule has 0 saturated heterocycles. The quantitative estimate of drug-likeness (QED) is 0.405. The van der Waals surface area contributed by atoms with Gasteiger partial charge in [-0.05, 0) is 60.9 Å². The van der Waals surface area contributed by atoms with Gasteiger partial charge in [-0.15, -0.1) is 11.3 Å². The third-order valence-electron chi connectivity index (χ3n) is 4.14. The van der Waals surface area contributed by atoms with Gasteiger partial charge in [0, 0.05) is 17.0 Å². The molecule has 1 N–H and O–H groups in total. The Balaban J connectivity index is 1.54. The maximum Gasteiger partial charge on any atom is 0.250 e. The van der Waals surface area contributed by atoms with Crippen molar-refractivity contribution in [1.29, 1.82) is 0 Å². The number of nitrogens with one attached hydrogen (secondary N) is 1. The van der Waals surface area contributed by atoms with Crippen LogP contribution in [0.4, 0.5) is 5.13 Å². The van der Waals surface area contributed by atoms with E-state index in [9.17, 15) is 4.79 Å². The fourth-order valence-electron chi connectivity index (χ4n) is 2.62. The topological polar surface area (TPSA) is 60.5 Å². The van der Waals surface area contributed by atoms with Gasteiger partial charge in [-0.3, -0.25) is 10.1 Å². The second-order valence-corrected chi connectivity index (χ2v) is 7.51. The predicted molar refractivity (Wildman–Crippen MR) is 123 cm³/mol. The molecular weight excluding hydrogens is 396 g/mol. The van der Waals surface area contributed by atoms with Gasteiger partial charge in [-0.2, -0.15) is 0 Å². The average molecular weight is 423 g/mol. The van der Waals surface area contributed by atoms with Crippen LogP contribution in [0.5, 0.6) is 11.5 Å². The summed E-state index contributed by atoms with van der Waals surface area (Å²) in [5.74, 6) is 1.46. The van der Waals surface area contributed by atoms with Crippen molar-refractivity contribution in [2.45, 2.75) is 26.7 Å². The molecule has 0 aliphatic rings. The SMILES string of the molecule is CCCOc1ccc(/C=C/C(=O)Nc2nc(-c3ccc(OCCC)cc3)cs2)cc1. The molecule has 0 radical (unpaired) electrons. The van der Waals surface area contributed by atoms with Crippen LogP contribution in [0, 0.1) is 0 Å². The Morgan fingerprint density at radius 2 is 1.57 bits per heavy atom. The van der Waals surface area contributed by atoms with Gasteiger partial charge in [-0.1, -0.05) is 26.0 Å². The second-order valence-electron chi connectivity index (χ2n) is 6.65. The van der Waals surface area contributed by atoms with Gasteiger partial charge in [0.1, 0.15) is 11.5 Å². The maximum absolute atomic E-state index is 12.2. The van der Waals surface area contributed by atoms with Gasteiger partial charge in [-0.25, -0.2) is 4.98 Å². The first-order chi connectivity index (χ1) is 14.7. The highest BCUT2D eigenvalue weighted by Crippen LogP contribution is 2.26. The summed E-state index contributed by atoms with van der Waals surface area (Å²) in [5, 5.41) is 5.30. The molecule has 0 aliphatic heterocycles. The molecule has 1 aromatic heterocycles. The number of carbonyl (C=O) groups excluding carboxylic acids is 1. The van der Waals surface area contributed by atoms with Crippen molar-refractivity contribution in [3.05, 3.63) is 65.6 Å². The molecule has 0 spiro atoms. The summed E-state index contributed by atoms with van der Waals surface area (Å²) in [4.78, 5) is 16.7. The number of anilines is 1. The standard InChI is InChI=1S/C24H26N2O3S/c1-3-15-28-20-10-5-18(6-11-20)7-14-23(27)26-24-25-22(17-30-24)19-8-12-21(13-9-19)29-16-4-2/h5-14,17H,3-4,15-16H2,1-2H3,(H,25,26,27)/b14-7+. The Kier molecular flexibility index (Phi) is 8.03. The molecule has 156 valence electrons. The van der Waals surface area contributed by atoms with Crippen molar-refractivity contribution in [2.75, 3.05) is 18.5 Å². The number of carbonyl (C=O) groups is 1. The normalized spacial score (nSPS) is 10.9. The van der Waals surface area contributed by atoms with E-state index >= 15 is 0 Å². The lowest BCUT2D eigenvalue weighted by molar-refractivity contribution is -0.111. The van der Waals surface area contributed by atoms with Crippen LogP contribution in [0.1, 0.15) is 32.3 Å². The van der Waals surface area contributed by atoms with Crippen molar-refractivity contribution in [3.8, 4) is 22.8 Å². The summed E-state index contributed by atoms with van der Waals surface area (Å²) >= 11 is 1.40. The van der Waals surface area contributed by atoms with E-state index in [-0.39, 0.29) is 5.91 Å². The monoisotopic (exact) mass is 422 g/mol. The van der Waals surface area contributed by atoms with Gasteiger partial charge >= 0.3 is 0 Å². The van der Waals surface area contributed by atoms with Gasteiger partial charge < -0.3 is 9.47 Å². The van der Waals surface area contributed by atoms with Crippen LogP contribution in [0.15, 0.2) is 60.0 Å². The van der Waals surface area contributed by atoms with E-state index in [0.29, 0.717) is 18.3 Å². The molecule has 1 heterocycles. The van der Waals surface area contributed by atoms with Gasteiger partial charge in [0.15, 0.2) is 5.13 Å². The molecule has 0 saturated carbocycles. The molecule has 0 atom stereocenters. The van der Waals surface area contributed by atoms with Crippen molar-refractivity contribution in [1.82, 2.24) is 4.98 Å². The van der Waals surface area contributed by atoms with E-state index in [1.54, 1.807) is 6.08 Å². The van der Waals surface area contributed by atoms with Crippen LogP contribution < -0.4 is 14.8 Å². The van der Waals surface area contributed by atoms with E-state index in [1.165, 1.54) is 17.4 Å². The van der Waals surface area contributed by atoms with Crippen molar-refractivity contribution in [2.24, 2.45) is 0 Å². The molecule has 1 amide bonds. The number of benzene rings is 2. The number of rotatable bonds is 10. The zero-order valence-electron chi connectivity index (χ0n) is 17.3. The summed E-state index contributed by atoms with van der Waals surface area (Å²) in [6, 6.07) is 15.5. The van der Waals surface area contributed by atoms with Crippen LogP contribution in [0.2, 0.25) is 0 Å². The number of aromatic nitrogens is 1. The van der Waals surface area contributed by atoms with Crippen LogP contribution in [0.3, 0.4) is 0 Å². The summed E-state index contributed by atoms with van der Waals surface area (Å²) < 4.78 is 11.2. The Hall–Kier alpha value is -3.12. The third-order valence-corrected chi connectivity index (χ3v) is 4.90. The van der Waals surface area contributed by atoms with E-state index in [2.05, 4.69) is 24.1 Å². The molecular formula is C24H26N2O3S. The number of hydrogen-bond acceptors (Lipinski definition) is 5. The molecule has 0 aliphatic carbocycles. The molecule has 30 heavy (non-hydrogen) atoms. The van der Waals surface area contributed by atoms with Crippen LogP contribution in [-0.4, -0.2) is 24.1 Å². The van der Waals surface area contributed by atoms with Crippen LogP contribution in [-0.2, 0) is 4.79 Å². The molecule has 5 nitrogen and oxygen atoms in total. The minimum Gasteiger partial charge on any atom is -0.494 e. The zero-order valence-corrected chi connectivity index (χ0v) is 18.1. The van der Waals surface area contributed by atoms with E-state index in [4.69, 9.17) is 9.47 Å². The first-order valence-corrected chi connectivity index (χ1v) is 11.0. The van der Waals surface area contributed by atoms with E-state index in [1.807, 2.05) is 53.9 Å². The van der Waals surface area contributed by atoms with Gasteiger partial charge in [0.25, 0.3) is 0 Å². The Labute approximate surface area is 181 Å². The third kappa shape index (κ3) is 6.46. The lowest BCUT2D eigenvalue weighted by Crippen LogP contribution is -2.07. The molecule has 0 bridgehead atoms. The van der Waals surface area contributed by atoms with Crippen molar-refractivity contribution < 1.29 is 14.3 Å². The number of hydrogen-bond donors (Lipinski definition) is 1. The van der Waals surface area contributed by atoms with E-state index in [0.717, 1.165) is 41.2 Å². The Morgan fingerprint density at radius 3 is 2.17 bits per heavy atom. The smallest absolute Gasteiger partial charge is 0.250 e. The van der Waals surface area contributed by atoms with E-state index < -0.39 is 0 Å². The number of amides is 1. The largest absolute Gasteiger partial charge is 0.494 e. The Bertz CT molecular complexity index is 963. The predicted octanol–water partition coefficient (Wildman–Crippen LogP) is 6.04.